The second-order valence-corrected chi connectivity index (χ2v) is 3.12. The molecule has 0 aliphatic carbocycles. The van der Waals surface area contributed by atoms with Crippen molar-refractivity contribution in [3.63, 3.8) is 0 Å². The van der Waals surface area contributed by atoms with E-state index in [1.807, 2.05) is 19.1 Å². The van der Waals surface area contributed by atoms with Gasteiger partial charge < -0.3 is 10.5 Å². The summed E-state index contributed by atoms with van der Waals surface area (Å²) in [6.07, 6.45) is 4.80. The van der Waals surface area contributed by atoms with Crippen molar-refractivity contribution in [1.82, 2.24) is 0 Å². The molecule has 0 aliphatic heterocycles. The lowest BCUT2D eigenvalue weighted by Crippen LogP contribution is -2.03. The lowest BCUT2D eigenvalue weighted by atomic mass is 10.2. The van der Waals surface area contributed by atoms with Crippen LogP contribution in [0.4, 0.5) is 4.39 Å². The summed E-state index contributed by atoms with van der Waals surface area (Å²) in [6, 6.07) is 5.00. The first-order chi connectivity index (χ1) is 7.29. The number of ether oxygens (including phenoxy) is 1. The topological polar surface area (TPSA) is 35.2 Å². The summed E-state index contributed by atoms with van der Waals surface area (Å²) in [5.74, 6) is -0.0939. The third-order valence-electron chi connectivity index (χ3n) is 2.00. The van der Waals surface area contributed by atoms with Crippen molar-refractivity contribution in [1.29, 1.82) is 0 Å². The van der Waals surface area contributed by atoms with E-state index in [1.54, 1.807) is 18.2 Å². The minimum atomic E-state index is -0.357. The van der Waals surface area contributed by atoms with Gasteiger partial charge >= 0.3 is 0 Å². The Bertz CT molecular complexity index is 336. The predicted molar refractivity (Wildman–Crippen MR) is 59.2 cm³/mol. The van der Waals surface area contributed by atoms with Crippen molar-refractivity contribution in [2.75, 3.05) is 6.61 Å². The molecule has 2 N–H and O–H groups in total. The normalized spacial score (nSPS) is 10.9. The van der Waals surface area contributed by atoms with Gasteiger partial charge in [-0.1, -0.05) is 31.2 Å². The first kappa shape index (κ1) is 11.7. The summed E-state index contributed by atoms with van der Waals surface area (Å²) in [4.78, 5) is 0. The summed E-state index contributed by atoms with van der Waals surface area (Å²) in [5.41, 5.74) is 5.87. The smallest absolute Gasteiger partial charge is 0.169 e. The molecule has 0 bridgehead atoms. The minimum Gasteiger partial charge on any atom is -0.486 e. The molecular formula is C12H16FNO. The van der Waals surface area contributed by atoms with Crippen molar-refractivity contribution in [3.8, 4) is 5.75 Å². The first-order valence-electron chi connectivity index (χ1n) is 5.04. The van der Waals surface area contributed by atoms with Crippen molar-refractivity contribution in [3.05, 3.63) is 41.7 Å². The Kier molecular flexibility index (Phi) is 4.84. The molecule has 0 fully saturated rings. The molecule has 0 amide bonds. The zero-order chi connectivity index (χ0) is 11.1. The molecule has 82 valence electrons. The van der Waals surface area contributed by atoms with Crippen LogP contribution < -0.4 is 10.5 Å². The molecule has 2 nitrogen and oxygen atoms in total. The van der Waals surface area contributed by atoms with Gasteiger partial charge in [0.1, 0.15) is 6.61 Å². The van der Waals surface area contributed by atoms with E-state index in [-0.39, 0.29) is 18.1 Å². The predicted octanol–water partition coefficient (Wildman–Crippen LogP) is 2.63. The highest BCUT2D eigenvalue weighted by Crippen LogP contribution is 2.19. The van der Waals surface area contributed by atoms with Crippen LogP contribution >= 0.6 is 0 Å². The second kappa shape index (κ2) is 6.19. The van der Waals surface area contributed by atoms with Crippen LogP contribution in [-0.4, -0.2) is 6.61 Å². The van der Waals surface area contributed by atoms with E-state index in [2.05, 4.69) is 0 Å². The van der Waals surface area contributed by atoms with Gasteiger partial charge in [-0.3, -0.25) is 0 Å². The molecule has 0 spiro atoms. The maximum atomic E-state index is 13.6. The molecule has 0 unspecified atom stereocenters. The molecule has 0 saturated heterocycles. The fraction of sp³-hybridized carbons (Fsp3) is 0.333. The SMILES string of the molecule is CCC=CCOc1cccc(CN)c1F. The van der Waals surface area contributed by atoms with Crippen molar-refractivity contribution < 1.29 is 9.13 Å². The number of allylic oxidation sites excluding steroid dienone is 1. The third kappa shape index (κ3) is 3.36. The summed E-state index contributed by atoms with van der Waals surface area (Å²) in [5, 5.41) is 0. The Balaban J connectivity index is 2.64. The number of halogens is 1. The van der Waals surface area contributed by atoms with Crippen molar-refractivity contribution in [2.24, 2.45) is 5.73 Å². The Morgan fingerprint density at radius 3 is 2.87 bits per heavy atom. The number of hydrogen-bond acceptors (Lipinski definition) is 2. The largest absolute Gasteiger partial charge is 0.486 e. The van der Waals surface area contributed by atoms with Gasteiger partial charge in [0, 0.05) is 12.1 Å². The van der Waals surface area contributed by atoms with E-state index < -0.39 is 0 Å². The number of nitrogens with two attached hydrogens (primary N) is 1. The first-order valence-corrected chi connectivity index (χ1v) is 5.04. The van der Waals surface area contributed by atoms with E-state index >= 15 is 0 Å². The molecule has 0 saturated carbocycles. The molecule has 1 aromatic carbocycles. The van der Waals surface area contributed by atoms with Gasteiger partial charge in [-0.25, -0.2) is 4.39 Å². The van der Waals surface area contributed by atoms with Crippen molar-refractivity contribution >= 4 is 0 Å². The van der Waals surface area contributed by atoms with Gasteiger partial charge in [0.15, 0.2) is 11.6 Å². The zero-order valence-electron chi connectivity index (χ0n) is 8.87. The maximum absolute atomic E-state index is 13.6. The number of hydrogen-bond donors (Lipinski definition) is 1. The molecule has 0 atom stereocenters. The molecule has 0 heterocycles. The highest BCUT2D eigenvalue weighted by molar-refractivity contribution is 5.31. The van der Waals surface area contributed by atoms with Crippen LogP contribution in [0.5, 0.6) is 5.75 Å². The van der Waals surface area contributed by atoms with E-state index in [0.717, 1.165) is 6.42 Å². The van der Waals surface area contributed by atoms with E-state index in [9.17, 15) is 4.39 Å². The lowest BCUT2D eigenvalue weighted by Gasteiger charge is -2.07. The molecule has 0 aromatic heterocycles. The fourth-order valence-corrected chi connectivity index (χ4v) is 1.20. The van der Waals surface area contributed by atoms with E-state index in [1.165, 1.54) is 0 Å². The average Bonchev–Trinajstić information content (AvgIpc) is 2.26. The summed E-state index contributed by atoms with van der Waals surface area (Å²) in [7, 11) is 0. The van der Waals surface area contributed by atoms with Crippen LogP contribution in [0.15, 0.2) is 30.4 Å². The van der Waals surface area contributed by atoms with Crippen LogP contribution in [0.3, 0.4) is 0 Å². The third-order valence-corrected chi connectivity index (χ3v) is 2.00. The second-order valence-electron chi connectivity index (χ2n) is 3.12. The molecular weight excluding hydrogens is 193 g/mol. The minimum absolute atomic E-state index is 0.188. The Hall–Kier alpha value is -1.35. The van der Waals surface area contributed by atoms with E-state index in [0.29, 0.717) is 12.2 Å². The Labute approximate surface area is 89.6 Å². The van der Waals surface area contributed by atoms with Gasteiger partial charge in [-0.05, 0) is 12.5 Å². The number of benzene rings is 1. The van der Waals surface area contributed by atoms with E-state index in [4.69, 9.17) is 10.5 Å². The van der Waals surface area contributed by atoms with Gasteiger partial charge in [-0.15, -0.1) is 0 Å². The Morgan fingerprint density at radius 2 is 2.20 bits per heavy atom. The molecule has 0 radical (unpaired) electrons. The summed E-state index contributed by atoms with van der Waals surface area (Å²) in [6.45, 7) is 2.61. The van der Waals surface area contributed by atoms with Crippen LogP contribution in [-0.2, 0) is 6.54 Å². The van der Waals surface area contributed by atoms with Crippen LogP contribution in [0, 0.1) is 5.82 Å². The zero-order valence-corrected chi connectivity index (χ0v) is 8.87. The lowest BCUT2D eigenvalue weighted by molar-refractivity contribution is 0.340. The van der Waals surface area contributed by atoms with Gasteiger partial charge in [0.05, 0.1) is 0 Å². The fourth-order valence-electron chi connectivity index (χ4n) is 1.20. The Morgan fingerprint density at radius 1 is 1.40 bits per heavy atom. The van der Waals surface area contributed by atoms with Crippen LogP contribution in [0.25, 0.3) is 0 Å². The van der Waals surface area contributed by atoms with Crippen LogP contribution in [0.1, 0.15) is 18.9 Å². The van der Waals surface area contributed by atoms with Gasteiger partial charge in [-0.2, -0.15) is 0 Å². The summed E-state index contributed by atoms with van der Waals surface area (Å²) < 4.78 is 18.8. The molecule has 1 rings (SSSR count). The number of rotatable bonds is 5. The molecule has 15 heavy (non-hydrogen) atoms. The van der Waals surface area contributed by atoms with Gasteiger partial charge in [0.2, 0.25) is 0 Å². The standard InChI is InChI=1S/C12H16FNO/c1-2-3-4-8-15-11-7-5-6-10(9-14)12(11)13/h3-7H,2,8-9,14H2,1H3. The molecule has 3 heteroatoms. The maximum Gasteiger partial charge on any atom is 0.169 e. The van der Waals surface area contributed by atoms with Crippen LogP contribution in [0.2, 0.25) is 0 Å². The van der Waals surface area contributed by atoms with Crippen molar-refractivity contribution in [2.45, 2.75) is 19.9 Å². The highest BCUT2D eigenvalue weighted by Gasteiger charge is 2.06. The summed E-state index contributed by atoms with van der Waals surface area (Å²) >= 11 is 0. The van der Waals surface area contributed by atoms with Gasteiger partial charge in [0.25, 0.3) is 0 Å². The molecule has 1 aromatic rings. The highest BCUT2D eigenvalue weighted by atomic mass is 19.1. The monoisotopic (exact) mass is 209 g/mol. The quantitative estimate of drug-likeness (QED) is 0.756. The molecule has 0 aliphatic rings. The average molecular weight is 209 g/mol.